The lowest BCUT2D eigenvalue weighted by atomic mass is 10.3. The number of ether oxygens (including phenoxy) is 1. The van der Waals surface area contributed by atoms with Gasteiger partial charge in [-0.1, -0.05) is 29.4 Å². The Morgan fingerprint density at radius 2 is 2.04 bits per heavy atom. The smallest absolute Gasteiger partial charge is 0.234 e. The molecule has 0 aliphatic carbocycles. The predicted molar refractivity (Wildman–Crippen MR) is 107 cm³/mol. The Balaban J connectivity index is 1.57. The van der Waals surface area contributed by atoms with Crippen LogP contribution in [0.15, 0.2) is 53.7 Å². The third-order valence-corrected chi connectivity index (χ3v) is 5.06. The van der Waals surface area contributed by atoms with E-state index < -0.39 is 0 Å². The van der Waals surface area contributed by atoms with Gasteiger partial charge < -0.3 is 14.6 Å². The van der Waals surface area contributed by atoms with E-state index in [2.05, 4.69) is 15.5 Å². The minimum atomic E-state index is -0.354. The van der Waals surface area contributed by atoms with Crippen molar-refractivity contribution >= 4 is 35.0 Å². The first kappa shape index (κ1) is 20.2. The normalized spacial score (nSPS) is 11.9. The Bertz CT molecular complexity index is 965. The molecule has 1 unspecified atom stereocenters. The first-order valence-electron chi connectivity index (χ1n) is 8.42. The largest absolute Gasteiger partial charge is 0.483 e. The van der Waals surface area contributed by atoms with E-state index in [1.165, 1.54) is 36.0 Å². The number of hydrogen-bond donors (Lipinski definition) is 1. The lowest BCUT2D eigenvalue weighted by Crippen LogP contribution is -2.14. The summed E-state index contributed by atoms with van der Waals surface area (Å²) in [7, 11) is 1.81. The quantitative estimate of drug-likeness (QED) is 0.571. The zero-order valence-electron chi connectivity index (χ0n) is 15.2. The Hall–Kier alpha value is -2.58. The van der Waals surface area contributed by atoms with Crippen LogP contribution in [-0.4, -0.2) is 26.4 Å². The van der Waals surface area contributed by atoms with E-state index >= 15 is 0 Å². The Morgan fingerprint density at radius 3 is 2.75 bits per heavy atom. The summed E-state index contributed by atoms with van der Waals surface area (Å²) >= 11 is 7.22. The highest BCUT2D eigenvalue weighted by Gasteiger charge is 2.18. The average molecular weight is 421 g/mol. The van der Waals surface area contributed by atoms with Gasteiger partial charge >= 0.3 is 0 Å². The number of nitrogens with zero attached hydrogens (tertiary/aromatic N) is 3. The molecule has 1 heterocycles. The van der Waals surface area contributed by atoms with Crippen molar-refractivity contribution in [1.29, 1.82) is 0 Å². The van der Waals surface area contributed by atoms with Crippen LogP contribution in [0.25, 0.3) is 0 Å². The van der Waals surface area contributed by atoms with Crippen LogP contribution >= 0.6 is 23.4 Å². The maximum Gasteiger partial charge on any atom is 0.234 e. The maximum atomic E-state index is 12.9. The molecule has 9 heteroatoms. The number of carbonyl (C=O) groups is 1. The first-order valence-corrected chi connectivity index (χ1v) is 9.78. The summed E-state index contributed by atoms with van der Waals surface area (Å²) in [6.07, 6.45) is -0.349. The number of aromatic nitrogens is 3. The Labute approximate surface area is 171 Å². The fourth-order valence-corrected chi connectivity index (χ4v) is 3.36. The summed E-state index contributed by atoms with van der Waals surface area (Å²) in [6, 6.07) is 12.7. The third kappa shape index (κ3) is 5.24. The molecule has 1 aromatic heterocycles. The predicted octanol–water partition coefficient (Wildman–Crippen LogP) is 4.48. The van der Waals surface area contributed by atoms with Gasteiger partial charge in [0.15, 0.2) is 17.1 Å². The zero-order chi connectivity index (χ0) is 20.1. The van der Waals surface area contributed by atoms with Gasteiger partial charge in [0.1, 0.15) is 11.6 Å². The molecule has 0 radical (unpaired) electrons. The van der Waals surface area contributed by atoms with Gasteiger partial charge in [-0.05, 0) is 49.4 Å². The lowest BCUT2D eigenvalue weighted by Gasteiger charge is -2.14. The molecular formula is C19H18ClFN4O2S. The number of nitrogens with one attached hydrogen (secondary N) is 1. The van der Waals surface area contributed by atoms with Crippen LogP contribution in [0.4, 0.5) is 10.1 Å². The minimum Gasteiger partial charge on any atom is -0.483 e. The summed E-state index contributed by atoms with van der Waals surface area (Å²) in [6.45, 7) is 1.86. The molecule has 146 valence electrons. The Morgan fingerprint density at radius 1 is 1.29 bits per heavy atom. The molecule has 1 amide bonds. The van der Waals surface area contributed by atoms with Gasteiger partial charge in [-0.2, -0.15) is 0 Å². The van der Waals surface area contributed by atoms with Gasteiger partial charge in [0.2, 0.25) is 5.91 Å². The zero-order valence-corrected chi connectivity index (χ0v) is 16.8. The van der Waals surface area contributed by atoms with Gasteiger partial charge in [-0.25, -0.2) is 4.39 Å². The molecule has 0 saturated carbocycles. The van der Waals surface area contributed by atoms with Crippen molar-refractivity contribution in [2.45, 2.75) is 18.2 Å². The highest BCUT2D eigenvalue weighted by Crippen LogP contribution is 2.25. The maximum absolute atomic E-state index is 12.9. The van der Waals surface area contributed by atoms with Crippen LogP contribution in [0.1, 0.15) is 18.9 Å². The molecule has 0 aliphatic heterocycles. The van der Waals surface area contributed by atoms with Crippen LogP contribution in [0.3, 0.4) is 0 Å². The number of benzene rings is 2. The van der Waals surface area contributed by atoms with E-state index in [1.54, 1.807) is 16.7 Å². The van der Waals surface area contributed by atoms with E-state index in [4.69, 9.17) is 16.3 Å². The summed E-state index contributed by atoms with van der Waals surface area (Å²) in [5.74, 6) is 0.835. The second kappa shape index (κ2) is 9.07. The molecule has 0 saturated heterocycles. The van der Waals surface area contributed by atoms with Crippen LogP contribution in [-0.2, 0) is 11.8 Å². The second-order valence-electron chi connectivity index (χ2n) is 5.96. The molecule has 6 nitrogen and oxygen atoms in total. The summed E-state index contributed by atoms with van der Waals surface area (Å²) in [4.78, 5) is 12.1. The van der Waals surface area contributed by atoms with E-state index in [-0.39, 0.29) is 23.6 Å². The van der Waals surface area contributed by atoms with Crippen LogP contribution in [0, 0.1) is 5.82 Å². The SMILES string of the molecule is CC(Oc1cccc(Cl)c1)c1nnc(SCC(=O)Nc2ccc(F)cc2)n1C. The molecule has 1 atom stereocenters. The van der Waals surface area contributed by atoms with Crippen molar-refractivity contribution in [3.63, 3.8) is 0 Å². The van der Waals surface area contributed by atoms with Crippen LogP contribution in [0.2, 0.25) is 5.02 Å². The van der Waals surface area contributed by atoms with E-state index in [9.17, 15) is 9.18 Å². The minimum absolute atomic E-state index is 0.146. The number of rotatable bonds is 7. The van der Waals surface area contributed by atoms with Crippen molar-refractivity contribution in [3.05, 3.63) is 65.2 Å². The molecule has 0 fully saturated rings. The van der Waals surface area contributed by atoms with Gasteiger partial charge in [-0.15, -0.1) is 10.2 Å². The summed E-state index contributed by atoms with van der Waals surface area (Å²) in [5.41, 5.74) is 0.536. The molecular weight excluding hydrogens is 403 g/mol. The molecule has 0 aliphatic rings. The number of hydrogen-bond acceptors (Lipinski definition) is 5. The summed E-state index contributed by atoms with van der Waals surface area (Å²) in [5, 5.41) is 12.2. The fourth-order valence-electron chi connectivity index (χ4n) is 2.46. The number of amides is 1. The Kier molecular flexibility index (Phi) is 6.53. The van der Waals surface area contributed by atoms with Crippen molar-refractivity contribution in [3.8, 4) is 5.75 Å². The van der Waals surface area contributed by atoms with E-state index in [0.717, 1.165) is 0 Å². The van der Waals surface area contributed by atoms with Crippen molar-refractivity contribution in [2.75, 3.05) is 11.1 Å². The molecule has 28 heavy (non-hydrogen) atoms. The topological polar surface area (TPSA) is 69.0 Å². The van der Waals surface area contributed by atoms with Gasteiger partial charge in [0, 0.05) is 17.8 Å². The number of halogens is 2. The summed E-state index contributed by atoms with van der Waals surface area (Å²) < 4.78 is 20.6. The standard InChI is InChI=1S/C19H18ClFN4O2S/c1-12(27-16-5-3-4-13(20)10-16)18-23-24-19(25(18)2)28-11-17(26)22-15-8-6-14(21)7-9-15/h3-10,12H,11H2,1-2H3,(H,22,26). The number of anilines is 1. The highest BCUT2D eigenvalue weighted by molar-refractivity contribution is 7.99. The van der Waals surface area contributed by atoms with Gasteiger partial charge in [0.25, 0.3) is 0 Å². The molecule has 0 bridgehead atoms. The van der Waals surface area contributed by atoms with Crippen molar-refractivity contribution < 1.29 is 13.9 Å². The van der Waals surface area contributed by atoms with Crippen LogP contribution < -0.4 is 10.1 Å². The number of carbonyl (C=O) groups excluding carboxylic acids is 1. The first-order chi connectivity index (χ1) is 13.4. The van der Waals surface area contributed by atoms with Gasteiger partial charge in [-0.3, -0.25) is 4.79 Å². The average Bonchev–Trinajstić information content (AvgIpc) is 3.02. The van der Waals surface area contributed by atoms with Crippen molar-refractivity contribution in [1.82, 2.24) is 14.8 Å². The van der Waals surface area contributed by atoms with Gasteiger partial charge in [0.05, 0.1) is 5.75 Å². The molecule has 3 aromatic rings. The van der Waals surface area contributed by atoms with Crippen molar-refractivity contribution in [2.24, 2.45) is 7.05 Å². The monoisotopic (exact) mass is 420 g/mol. The lowest BCUT2D eigenvalue weighted by molar-refractivity contribution is -0.113. The molecule has 1 N–H and O–H groups in total. The highest BCUT2D eigenvalue weighted by atomic mass is 35.5. The molecule has 0 spiro atoms. The number of thioether (sulfide) groups is 1. The van der Waals surface area contributed by atoms with Crippen LogP contribution in [0.5, 0.6) is 5.75 Å². The molecule has 3 rings (SSSR count). The van der Waals surface area contributed by atoms with E-state index in [1.807, 2.05) is 26.1 Å². The third-order valence-electron chi connectivity index (χ3n) is 3.80. The molecule has 2 aromatic carbocycles. The fraction of sp³-hybridized carbons (Fsp3) is 0.211. The second-order valence-corrected chi connectivity index (χ2v) is 7.34. The van der Waals surface area contributed by atoms with E-state index in [0.29, 0.717) is 27.4 Å².